The molecule has 2 aromatic rings. The lowest BCUT2D eigenvalue weighted by Crippen LogP contribution is -1.99. The van der Waals surface area contributed by atoms with Crippen LogP contribution in [0.25, 0.3) is 0 Å². The Morgan fingerprint density at radius 2 is 1.89 bits per heavy atom. The molecule has 0 amide bonds. The third-order valence-corrected chi connectivity index (χ3v) is 4.13. The Morgan fingerprint density at radius 3 is 2.50 bits per heavy atom. The molecule has 2 rings (SSSR count). The van der Waals surface area contributed by atoms with E-state index >= 15 is 0 Å². The van der Waals surface area contributed by atoms with Crippen LogP contribution >= 0.6 is 11.8 Å². The van der Waals surface area contributed by atoms with Gasteiger partial charge in [0.15, 0.2) is 5.16 Å². The SMILES string of the molecule is CCn1c(SCc2ccc(N)cc2)nc(C)c1C. The highest BCUT2D eigenvalue weighted by molar-refractivity contribution is 7.98. The minimum Gasteiger partial charge on any atom is -0.399 e. The van der Waals surface area contributed by atoms with Gasteiger partial charge < -0.3 is 10.3 Å². The van der Waals surface area contributed by atoms with Crippen LogP contribution in [-0.2, 0) is 12.3 Å². The Bertz CT molecular complexity index is 529. The summed E-state index contributed by atoms with van der Waals surface area (Å²) in [7, 11) is 0. The molecule has 3 nitrogen and oxygen atoms in total. The van der Waals surface area contributed by atoms with E-state index < -0.39 is 0 Å². The maximum atomic E-state index is 5.68. The lowest BCUT2D eigenvalue weighted by atomic mass is 10.2. The Kier molecular flexibility index (Phi) is 3.97. The minimum atomic E-state index is 0.811. The monoisotopic (exact) mass is 261 g/mol. The third kappa shape index (κ3) is 2.70. The van der Waals surface area contributed by atoms with Gasteiger partial charge in [0.25, 0.3) is 0 Å². The molecule has 0 saturated heterocycles. The average molecular weight is 261 g/mol. The standard InChI is InChI=1S/C14H19N3S/c1-4-17-11(3)10(2)16-14(17)18-9-12-5-7-13(15)8-6-12/h5-8H,4,9,15H2,1-3H3. The van der Waals surface area contributed by atoms with Gasteiger partial charge in [-0.05, 0) is 38.5 Å². The van der Waals surface area contributed by atoms with E-state index in [0.717, 1.165) is 28.8 Å². The van der Waals surface area contributed by atoms with Crippen molar-refractivity contribution in [3.63, 3.8) is 0 Å². The third-order valence-electron chi connectivity index (χ3n) is 3.09. The maximum absolute atomic E-state index is 5.68. The van der Waals surface area contributed by atoms with E-state index in [1.807, 2.05) is 12.1 Å². The van der Waals surface area contributed by atoms with Crippen molar-refractivity contribution in [3.8, 4) is 0 Å². The zero-order valence-electron chi connectivity index (χ0n) is 11.1. The number of imidazole rings is 1. The largest absolute Gasteiger partial charge is 0.399 e. The van der Waals surface area contributed by atoms with Crippen molar-refractivity contribution in [2.45, 2.75) is 38.2 Å². The molecule has 1 aromatic carbocycles. The number of benzene rings is 1. The van der Waals surface area contributed by atoms with E-state index in [-0.39, 0.29) is 0 Å². The highest BCUT2D eigenvalue weighted by atomic mass is 32.2. The van der Waals surface area contributed by atoms with Crippen molar-refractivity contribution in [1.29, 1.82) is 0 Å². The van der Waals surface area contributed by atoms with Crippen molar-refractivity contribution in [2.24, 2.45) is 0 Å². The first-order valence-corrected chi connectivity index (χ1v) is 7.11. The van der Waals surface area contributed by atoms with Crippen molar-refractivity contribution >= 4 is 17.4 Å². The van der Waals surface area contributed by atoms with Crippen LogP contribution in [0, 0.1) is 13.8 Å². The fraction of sp³-hybridized carbons (Fsp3) is 0.357. The van der Waals surface area contributed by atoms with Crippen LogP contribution in [0.2, 0.25) is 0 Å². The van der Waals surface area contributed by atoms with Gasteiger partial charge in [0.1, 0.15) is 0 Å². The summed E-state index contributed by atoms with van der Waals surface area (Å²) in [4.78, 5) is 4.61. The molecule has 18 heavy (non-hydrogen) atoms. The second-order valence-corrected chi connectivity index (χ2v) is 5.28. The highest BCUT2D eigenvalue weighted by Gasteiger charge is 2.09. The molecule has 0 aliphatic heterocycles. The van der Waals surface area contributed by atoms with Gasteiger partial charge in [-0.25, -0.2) is 4.98 Å². The van der Waals surface area contributed by atoms with E-state index in [1.165, 1.54) is 11.3 Å². The number of hydrogen-bond acceptors (Lipinski definition) is 3. The summed E-state index contributed by atoms with van der Waals surface area (Å²) in [6, 6.07) is 8.03. The molecule has 0 saturated carbocycles. The molecule has 1 aromatic heterocycles. The summed E-state index contributed by atoms with van der Waals surface area (Å²) in [5, 5.41) is 1.10. The molecule has 2 N–H and O–H groups in total. The molecule has 0 aliphatic carbocycles. The molecule has 0 fully saturated rings. The van der Waals surface area contributed by atoms with Crippen LogP contribution in [0.3, 0.4) is 0 Å². The fourth-order valence-electron chi connectivity index (χ4n) is 1.87. The molecular formula is C14H19N3S. The predicted octanol–water partition coefficient (Wildman–Crippen LogP) is 3.39. The van der Waals surface area contributed by atoms with Crippen molar-refractivity contribution in [2.75, 3.05) is 5.73 Å². The lowest BCUT2D eigenvalue weighted by Gasteiger charge is -2.06. The number of nitrogens with two attached hydrogens (primary N) is 1. The second kappa shape index (κ2) is 5.48. The number of nitrogens with zero attached hydrogens (tertiary/aromatic N) is 2. The van der Waals surface area contributed by atoms with Gasteiger partial charge in [-0.2, -0.15) is 0 Å². The first kappa shape index (κ1) is 13.0. The second-order valence-electron chi connectivity index (χ2n) is 4.34. The number of aromatic nitrogens is 2. The van der Waals surface area contributed by atoms with Gasteiger partial charge in [0.2, 0.25) is 0 Å². The molecule has 4 heteroatoms. The van der Waals surface area contributed by atoms with Crippen molar-refractivity contribution in [1.82, 2.24) is 9.55 Å². The molecule has 0 atom stereocenters. The Labute approximate surface area is 112 Å². The van der Waals surface area contributed by atoms with Crippen LogP contribution in [0.1, 0.15) is 23.9 Å². The predicted molar refractivity (Wildman–Crippen MR) is 77.8 cm³/mol. The van der Waals surface area contributed by atoms with Gasteiger partial charge >= 0.3 is 0 Å². The van der Waals surface area contributed by atoms with Crippen LogP contribution < -0.4 is 5.73 Å². The summed E-state index contributed by atoms with van der Waals surface area (Å²) < 4.78 is 2.26. The van der Waals surface area contributed by atoms with Gasteiger partial charge in [0, 0.05) is 23.7 Å². The van der Waals surface area contributed by atoms with Gasteiger partial charge in [-0.15, -0.1) is 0 Å². The summed E-state index contributed by atoms with van der Waals surface area (Å²) in [5.41, 5.74) is 10.1. The summed E-state index contributed by atoms with van der Waals surface area (Å²) in [6.45, 7) is 7.31. The normalized spacial score (nSPS) is 10.8. The zero-order valence-corrected chi connectivity index (χ0v) is 11.9. The molecule has 0 aliphatic rings. The molecule has 0 bridgehead atoms. The Hall–Kier alpha value is -1.42. The first-order valence-electron chi connectivity index (χ1n) is 6.12. The molecule has 1 heterocycles. The molecule has 96 valence electrons. The van der Waals surface area contributed by atoms with Crippen LogP contribution in [0.15, 0.2) is 29.4 Å². The van der Waals surface area contributed by atoms with E-state index in [0.29, 0.717) is 0 Å². The number of aryl methyl sites for hydroxylation is 1. The van der Waals surface area contributed by atoms with Crippen LogP contribution in [0.5, 0.6) is 0 Å². The molecule has 0 unspecified atom stereocenters. The summed E-state index contributed by atoms with van der Waals surface area (Å²) in [5.74, 6) is 0.927. The van der Waals surface area contributed by atoms with Crippen LogP contribution in [0.4, 0.5) is 5.69 Å². The average Bonchev–Trinajstić information content (AvgIpc) is 2.64. The van der Waals surface area contributed by atoms with Gasteiger partial charge in [0.05, 0.1) is 5.69 Å². The highest BCUT2D eigenvalue weighted by Crippen LogP contribution is 2.24. The Balaban J connectivity index is 2.10. The quantitative estimate of drug-likeness (QED) is 0.677. The van der Waals surface area contributed by atoms with E-state index in [1.54, 1.807) is 11.8 Å². The smallest absolute Gasteiger partial charge is 0.168 e. The van der Waals surface area contributed by atoms with E-state index in [2.05, 4.69) is 42.5 Å². The number of hydrogen-bond donors (Lipinski definition) is 1. The molecule has 0 spiro atoms. The molecular weight excluding hydrogens is 242 g/mol. The number of rotatable bonds is 4. The topological polar surface area (TPSA) is 43.8 Å². The Morgan fingerprint density at radius 1 is 1.22 bits per heavy atom. The minimum absolute atomic E-state index is 0.811. The number of nitrogen functional groups attached to an aromatic ring is 1. The first-order chi connectivity index (χ1) is 8.61. The summed E-state index contributed by atoms with van der Waals surface area (Å²) >= 11 is 1.78. The van der Waals surface area contributed by atoms with Gasteiger partial charge in [-0.1, -0.05) is 23.9 Å². The van der Waals surface area contributed by atoms with Crippen molar-refractivity contribution < 1.29 is 0 Å². The van der Waals surface area contributed by atoms with E-state index in [9.17, 15) is 0 Å². The fourth-order valence-corrected chi connectivity index (χ4v) is 2.98. The number of anilines is 1. The summed E-state index contributed by atoms with van der Waals surface area (Å²) in [6.07, 6.45) is 0. The van der Waals surface area contributed by atoms with Gasteiger partial charge in [-0.3, -0.25) is 0 Å². The van der Waals surface area contributed by atoms with Crippen molar-refractivity contribution in [3.05, 3.63) is 41.2 Å². The maximum Gasteiger partial charge on any atom is 0.168 e. The number of thioether (sulfide) groups is 1. The lowest BCUT2D eigenvalue weighted by molar-refractivity contribution is 0.662. The zero-order chi connectivity index (χ0) is 13.1. The van der Waals surface area contributed by atoms with Crippen LogP contribution in [-0.4, -0.2) is 9.55 Å². The van der Waals surface area contributed by atoms with E-state index in [4.69, 9.17) is 5.73 Å². The molecule has 0 radical (unpaired) electrons.